The normalized spacial score (nSPS) is 23.1. The molecule has 2 aromatic rings. The van der Waals surface area contributed by atoms with E-state index in [0.29, 0.717) is 29.5 Å². The van der Waals surface area contributed by atoms with Gasteiger partial charge in [-0.05, 0) is 25.8 Å². The molecule has 7 heteroatoms. The van der Waals surface area contributed by atoms with Gasteiger partial charge in [-0.25, -0.2) is 4.98 Å². The molecule has 2 aromatic heterocycles. The van der Waals surface area contributed by atoms with Gasteiger partial charge in [-0.15, -0.1) is 0 Å². The number of aromatic amines is 1. The maximum Gasteiger partial charge on any atom is 0.239 e. The van der Waals surface area contributed by atoms with Crippen LogP contribution in [0.3, 0.4) is 0 Å². The summed E-state index contributed by atoms with van der Waals surface area (Å²) in [6, 6.07) is 0.437. The second-order valence-corrected chi connectivity index (χ2v) is 5.24. The predicted molar refractivity (Wildman–Crippen MR) is 73.0 cm³/mol. The lowest BCUT2D eigenvalue weighted by Gasteiger charge is -2.29. The highest BCUT2D eigenvalue weighted by Gasteiger charge is 2.30. The van der Waals surface area contributed by atoms with Gasteiger partial charge in [0.2, 0.25) is 11.7 Å². The molecule has 20 heavy (non-hydrogen) atoms. The van der Waals surface area contributed by atoms with Gasteiger partial charge in [0, 0.05) is 6.04 Å². The van der Waals surface area contributed by atoms with E-state index in [4.69, 9.17) is 4.52 Å². The molecule has 108 valence electrons. The largest absolute Gasteiger partial charge is 0.338 e. The molecule has 0 amide bonds. The van der Waals surface area contributed by atoms with Crippen LogP contribution in [0.5, 0.6) is 0 Å². The van der Waals surface area contributed by atoms with Crippen molar-refractivity contribution in [2.75, 3.05) is 6.54 Å². The zero-order valence-electron chi connectivity index (χ0n) is 11.7. The van der Waals surface area contributed by atoms with Gasteiger partial charge in [0.25, 0.3) is 0 Å². The maximum atomic E-state index is 5.45. The highest BCUT2D eigenvalue weighted by atomic mass is 16.5. The lowest BCUT2D eigenvalue weighted by Crippen LogP contribution is -2.37. The molecular formula is C13H20N6O. The molecule has 0 spiro atoms. The predicted octanol–water partition coefficient (Wildman–Crippen LogP) is 1.88. The lowest BCUT2D eigenvalue weighted by atomic mass is 9.84. The molecule has 2 heterocycles. The van der Waals surface area contributed by atoms with Crippen molar-refractivity contribution >= 4 is 0 Å². The third-order valence-corrected chi connectivity index (χ3v) is 3.81. The van der Waals surface area contributed by atoms with E-state index in [1.54, 1.807) is 0 Å². The molecule has 1 saturated carbocycles. The zero-order chi connectivity index (χ0) is 13.8. The summed E-state index contributed by atoms with van der Waals surface area (Å²) in [5.41, 5.74) is 0. The summed E-state index contributed by atoms with van der Waals surface area (Å²) in [6.07, 6.45) is 7.33. The smallest absolute Gasteiger partial charge is 0.239 e. The van der Waals surface area contributed by atoms with Gasteiger partial charge in [-0.1, -0.05) is 24.9 Å². The van der Waals surface area contributed by atoms with Crippen LogP contribution < -0.4 is 5.32 Å². The van der Waals surface area contributed by atoms with E-state index in [0.717, 1.165) is 19.4 Å². The maximum absolute atomic E-state index is 5.45. The molecule has 0 saturated heterocycles. The Hall–Kier alpha value is -1.76. The van der Waals surface area contributed by atoms with Gasteiger partial charge in [-0.2, -0.15) is 10.1 Å². The first-order valence-electron chi connectivity index (χ1n) is 7.31. The molecule has 7 nitrogen and oxygen atoms in total. The van der Waals surface area contributed by atoms with Crippen molar-refractivity contribution in [3.05, 3.63) is 12.2 Å². The van der Waals surface area contributed by atoms with Crippen LogP contribution in [0.15, 0.2) is 10.9 Å². The van der Waals surface area contributed by atoms with Crippen LogP contribution in [0.4, 0.5) is 0 Å². The molecule has 2 atom stereocenters. The van der Waals surface area contributed by atoms with Crippen LogP contribution in [-0.2, 0) is 0 Å². The molecule has 1 fully saturated rings. The number of hydrogen-bond donors (Lipinski definition) is 2. The first-order chi connectivity index (χ1) is 9.88. The molecule has 0 radical (unpaired) electrons. The third kappa shape index (κ3) is 2.72. The second-order valence-electron chi connectivity index (χ2n) is 5.24. The minimum absolute atomic E-state index is 0.305. The minimum atomic E-state index is 0.305. The Balaban J connectivity index is 1.76. The van der Waals surface area contributed by atoms with E-state index in [1.165, 1.54) is 25.6 Å². The summed E-state index contributed by atoms with van der Waals surface area (Å²) in [5, 5.41) is 14.2. The Morgan fingerprint density at radius 2 is 2.30 bits per heavy atom. The van der Waals surface area contributed by atoms with Gasteiger partial charge in [0.15, 0.2) is 5.82 Å². The average Bonchev–Trinajstić information content (AvgIpc) is 3.15. The second kappa shape index (κ2) is 6.13. The molecule has 2 unspecified atom stereocenters. The van der Waals surface area contributed by atoms with Crippen molar-refractivity contribution in [2.24, 2.45) is 0 Å². The molecule has 0 bridgehead atoms. The lowest BCUT2D eigenvalue weighted by molar-refractivity contribution is 0.263. The first kappa shape index (κ1) is 13.2. The topological polar surface area (TPSA) is 92.5 Å². The van der Waals surface area contributed by atoms with E-state index in [1.807, 2.05) is 0 Å². The number of H-pyrrole nitrogens is 1. The third-order valence-electron chi connectivity index (χ3n) is 3.81. The molecule has 0 aliphatic heterocycles. The number of rotatable bonds is 5. The number of hydrogen-bond acceptors (Lipinski definition) is 6. The Bertz CT molecular complexity index is 523. The van der Waals surface area contributed by atoms with Crippen molar-refractivity contribution in [3.8, 4) is 11.6 Å². The Labute approximate surface area is 117 Å². The van der Waals surface area contributed by atoms with E-state index < -0.39 is 0 Å². The number of nitrogens with one attached hydrogen (secondary N) is 2. The fraction of sp³-hybridized carbons (Fsp3) is 0.692. The molecule has 1 aliphatic rings. The summed E-state index contributed by atoms with van der Waals surface area (Å²) in [4.78, 5) is 8.53. The fourth-order valence-electron chi connectivity index (χ4n) is 2.80. The summed E-state index contributed by atoms with van der Waals surface area (Å²) < 4.78 is 5.45. The van der Waals surface area contributed by atoms with Crippen LogP contribution in [0.1, 0.15) is 50.8 Å². The van der Waals surface area contributed by atoms with Crippen molar-refractivity contribution in [2.45, 2.75) is 51.0 Å². The van der Waals surface area contributed by atoms with E-state index >= 15 is 0 Å². The summed E-state index contributed by atoms with van der Waals surface area (Å²) in [7, 11) is 0. The van der Waals surface area contributed by atoms with Crippen molar-refractivity contribution in [1.29, 1.82) is 0 Å². The van der Waals surface area contributed by atoms with Gasteiger partial charge >= 0.3 is 0 Å². The highest BCUT2D eigenvalue weighted by molar-refractivity contribution is 5.39. The Morgan fingerprint density at radius 3 is 3.10 bits per heavy atom. The van der Waals surface area contributed by atoms with Gasteiger partial charge < -0.3 is 9.84 Å². The van der Waals surface area contributed by atoms with E-state index in [2.05, 4.69) is 37.6 Å². The molecule has 1 aliphatic carbocycles. The quantitative estimate of drug-likeness (QED) is 0.866. The highest BCUT2D eigenvalue weighted by Crippen LogP contribution is 2.32. The Morgan fingerprint density at radius 1 is 1.40 bits per heavy atom. The number of aromatic nitrogens is 5. The van der Waals surface area contributed by atoms with Gasteiger partial charge in [-0.3, -0.25) is 5.10 Å². The fourth-order valence-corrected chi connectivity index (χ4v) is 2.80. The average molecular weight is 276 g/mol. The van der Waals surface area contributed by atoms with Crippen molar-refractivity contribution in [1.82, 2.24) is 30.6 Å². The van der Waals surface area contributed by atoms with Crippen LogP contribution in [0.2, 0.25) is 0 Å². The summed E-state index contributed by atoms with van der Waals surface area (Å²) in [6.45, 7) is 3.21. The first-order valence-corrected chi connectivity index (χ1v) is 7.31. The molecule has 3 rings (SSSR count). The standard InChI is InChI=1S/C13H20N6O/c1-2-7-14-10-6-4-3-5-9(10)13-17-12(19-20-13)11-15-8-16-18-11/h8-10,14H,2-7H2,1H3,(H,15,16,18). The van der Waals surface area contributed by atoms with Gasteiger partial charge in [0.05, 0.1) is 5.92 Å². The molecule has 0 aromatic carbocycles. The summed E-state index contributed by atoms with van der Waals surface area (Å²) >= 11 is 0. The van der Waals surface area contributed by atoms with Crippen LogP contribution in [0.25, 0.3) is 11.6 Å². The van der Waals surface area contributed by atoms with Crippen molar-refractivity contribution < 1.29 is 4.52 Å². The van der Waals surface area contributed by atoms with Crippen LogP contribution in [0, 0.1) is 0 Å². The Kier molecular flexibility index (Phi) is 4.05. The molecular weight excluding hydrogens is 256 g/mol. The monoisotopic (exact) mass is 276 g/mol. The van der Waals surface area contributed by atoms with Crippen LogP contribution >= 0.6 is 0 Å². The minimum Gasteiger partial charge on any atom is -0.338 e. The summed E-state index contributed by atoms with van der Waals surface area (Å²) in [5.74, 6) is 2.05. The van der Waals surface area contributed by atoms with Crippen molar-refractivity contribution in [3.63, 3.8) is 0 Å². The SMILES string of the molecule is CCCNC1CCCCC1c1nc(-c2ncn[nH]2)no1. The van der Waals surface area contributed by atoms with Gasteiger partial charge in [0.1, 0.15) is 6.33 Å². The van der Waals surface area contributed by atoms with E-state index in [9.17, 15) is 0 Å². The zero-order valence-corrected chi connectivity index (χ0v) is 11.7. The van der Waals surface area contributed by atoms with Crippen LogP contribution in [-0.4, -0.2) is 37.9 Å². The molecule has 2 N–H and O–H groups in total. The number of nitrogens with zero attached hydrogens (tertiary/aromatic N) is 4. The van der Waals surface area contributed by atoms with E-state index in [-0.39, 0.29) is 0 Å².